The third kappa shape index (κ3) is 2.35. The van der Waals surface area contributed by atoms with E-state index in [4.69, 9.17) is 4.42 Å². The van der Waals surface area contributed by atoms with Gasteiger partial charge in [-0.05, 0) is 26.1 Å². The molecule has 18 heavy (non-hydrogen) atoms. The van der Waals surface area contributed by atoms with Gasteiger partial charge < -0.3 is 9.73 Å². The van der Waals surface area contributed by atoms with Crippen LogP contribution in [0.25, 0.3) is 11.5 Å². The minimum atomic E-state index is -0.452. The second kappa shape index (κ2) is 4.92. The van der Waals surface area contributed by atoms with Gasteiger partial charge in [-0.3, -0.25) is 10.1 Å². The molecule has 0 amide bonds. The molecule has 1 aromatic heterocycles. The summed E-state index contributed by atoms with van der Waals surface area (Å²) in [6.07, 6.45) is 0. The second-order valence-corrected chi connectivity index (χ2v) is 3.76. The number of non-ortho nitro benzene ring substituents is 1. The summed E-state index contributed by atoms with van der Waals surface area (Å²) in [5, 5.41) is 21.3. The lowest BCUT2D eigenvalue weighted by molar-refractivity contribution is -0.384. The Kier molecular flexibility index (Phi) is 3.33. The van der Waals surface area contributed by atoms with Gasteiger partial charge in [-0.1, -0.05) is 0 Å². The predicted octanol–water partition coefficient (Wildman–Crippen LogP) is 1.93. The van der Waals surface area contributed by atoms with E-state index in [-0.39, 0.29) is 11.7 Å². The molecule has 0 saturated heterocycles. The van der Waals surface area contributed by atoms with E-state index in [2.05, 4.69) is 15.5 Å². The Hall–Kier alpha value is -2.28. The summed E-state index contributed by atoms with van der Waals surface area (Å²) in [6, 6.07) is 5.93. The van der Waals surface area contributed by atoms with Crippen molar-refractivity contribution in [2.45, 2.75) is 13.0 Å². The molecule has 0 fully saturated rings. The van der Waals surface area contributed by atoms with Gasteiger partial charge >= 0.3 is 0 Å². The number of aromatic nitrogens is 2. The first-order valence-electron chi connectivity index (χ1n) is 5.37. The molecule has 0 spiro atoms. The number of nitrogens with one attached hydrogen (secondary N) is 1. The molecule has 0 bridgehead atoms. The van der Waals surface area contributed by atoms with Gasteiger partial charge in [0.2, 0.25) is 11.8 Å². The van der Waals surface area contributed by atoms with Crippen LogP contribution in [0.4, 0.5) is 5.69 Å². The van der Waals surface area contributed by atoms with E-state index in [1.54, 1.807) is 19.2 Å². The van der Waals surface area contributed by atoms with Crippen molar-refractivity contribution in [1.82, 2.24) is 15.5 Å². The standard InChI is InChI=1S/C11H12N4O3/c1-7(12-2)10-13-14-11(18-10)8-3-5-9(6-4-8)15(16)17/h3-7,12H,1-2H3. The van der Waals surface area contributed by atoms with E-state index in [0.29, 0.717) is 17.3 Å². The highest BCUT2D eigenvalue weighted by Gasteiger charge is 2.14. The third-order valence-electron chi connectivity index (χ3n) is 2.57. The Morgan fingerprint density at radius 3 is 2.56 bits per heavy atom. The van der Waals surface area contributed by atoms with Crippen LogP contribution >= 0.6 is 0 Å². The van der Waals surface area contributed by atoms with Gasteiger partial charge in [0.05, 0.1) is 11.0 Å². The van der Waals surface area contributed by atoms with Gasteiger partial charge in [-0.15, -0.1) is 10.2 Å². The van der Waals surface area contributed by atoms with Crippen molar-refractivity contribution in [2.24, 2.45) is 0 Å². The largest absolute Gasteiger partial charge is 0.419 e. The number of nitrogens with zero attached hydrogens (tertiary/aromatic N) is 3. The molecule has 94 valence electrons. The summed E-state index contributed by atoms with van der Waals surface area (Å²) in [7, 11) is 1.79. The minimum absolute atomic E-state index is 0.0297. The van der Waals surface area contributed by atoms with Gasteiger partial charge in [0.15, 0.2) is 0 Å². The Labute approximate surface area is 103 Å². The molecule has 0 aliphatic rings. The Morgan fingerprint density at radius 2 is 2.00 bits per heavy atom. The molecular formula is C11H12N4O3. The summed E-state index contributed by atoms with van der Waals surface area (Å²) >= 11 is 0. The first-order valence-corrected chi connectivity index (χ1v) is 5.37. The average Bonchev–Trinajstić information content (AvgIpc) is 2.87. The van der Waals surface area contributed by atoms with Crippen LogP contribution in [0, 0.1) is 10.1 Å². The number of benzene rings is 1. The lowest BCUT2D eigenvalue weighted by Crippen LogP contribution is -2.12. The summed E-state index contributed by atoms with van der Waals surface area (Å²) in [4.78, 5) is 10.1. The fourth-order valence-electron chi connectivity index (χ4n) is 1.38. The van der Waals surface area contributed by atoms with Gasteiger partial charge in [0.25, 0.3) is 5.69 Å². The zero-order valence-electron chi connectivity index (χ0n) is 9.95. The van der Waals surface area contributed by atoms with Crippen LogP contribution in [0.2, 0.25) is 0 Å². The number of hydrogen-bond acceptors (Lipinski definition) is 6. The zero-order valence-corrected chi connectivity index (χ0v) is 9.95. The summed E-state index contributed by atoms with van der Waals surface area (Å²) in [5.41, 5.74) is 0.685. The van der Waals surface area contributed by atoms with Crippen molar-refractivity contribution in [3.63, 3.8) is 0 Å². The Bertz CT molecular complexity index is 550. The number of hydrogen-bond donors (Lipinski definition) is 1. The van der Waals surface area contributed by atoms with Crippen molar-refractivity contribution >= 4 is 5.69 Å². The number of nitro groups is 1. The number of rotatable bonds is 4. The van der Waals surface area contributed by atoms with Crippen LogP contribution in [0.1, 0.15) is 18.9 Å². The molecule has 7 nitrogen and oxygen atoms in total. The monoisotopic (exact) mass is 248 g/mol. The molecule has 1 N–H and O–H groups in total. The SMILES string of the molecule is CNC(C)c1nnc(-c2ccc([N+](=O)[O-])cc2)o1. The minimum Gasteiger partial charge on any atom is -0.419 e. The van der Waals surface area contributed by atoms with Crippen LogP contribution in [-0.2, 0) is 0 Å². The molecule has 1 aromatic carbocycles. The highest BCUT2D eigenvalue weighted by molar-refractivity contribution is 5.55. The second-order valence-electron chi connectivity index (χ2n) is 3.76. The molecular weight excluding hydrogens is 236 g/mol. The van der Waals surface area contributed by atoms with Gasteiger partial charge in [-0.2, -0.15) is 0 Å². The predicted molar refractivity (Wildman–Crippen MR) is 63.9 cm³/mol. The van der Waals surface area contributed by atoms with Gasteiger partial charge in [-0.25, -0.2) is 0 Å². The lowest BCUT2D eigenvalue weighted by atomic mass is 10.2. The van der Waals surface area contributed by atoms with E-state index in [0.717, 1.165) is 0 Å². The van der Waals surface area contributed by atoms with E-state index in [9.17, 15) is 10.1 Å². The topological polar surface area (TPSA) is 94.1 Å². The molecule has 7 heteroatoms. The molecule has 0 aliphatic carbocycles. The van der Waals surface area contributed by atoms with E-state index in [1.165, 1.54) is 12.1 Å². The van der Waals surface area contributed by atoms with Crippen molar-refractivity contribution in [2.75, 3.05) is 7.05 Å². The van der Waals surface area contributed by atoms with Crippen LogP contribution in [0.3, 0.4) is 0 Å². The van der Waals surface area contributed by atoms with Crippen molar-refractivity contribution in [3.8, 4) is 11.5 Å². The smallest absolute Gasteiger partial charge is 0.269 e. The fourth-order valence-corrected chi connectivity index (χ4v) is 1.38. The fraction of sp³-hybridized carbons (Fsp3) is 0.273. The first kappa shape index (κ1) is 12.2. The van der Waals surface area contributed by atoms with Crippen molar-refractivity contribution in [1.29, 1.82) is 0 Å². The Balaban J connectivity index is 2.26. The molecule has 2 aromatic rings. The van der Waals surface area contributed by atoms with Gasteiger partial charge in [0.1, 0.15) is 0 Å². The van der Waals surface area contributed by atoms with E-state index >= 15 is 0 Å². The molecule has 1 unspecified atom stereocenters. The zero-order chi connectivity index (χ0) is 13.1. The van der Waals surface area contributed by atoms with Crippen molar-refractivity contribution in [3.05, 3.63) is 40.3 Å². The maximum atomic E-state index is 10.5. The van der Waals surface area contributed by atoms with Crippen LogP contribution in [-0.4, -0.2) is 22.2 Å². The lowest BCUT2D eigenvalue weighted by Gasteiger charge is -2.02. The van der Waals surface area contributed by atoms with E-state index in [1.807, 2.05) is 6.92 Å². The normalized spacial score (nSPS) is 12.3. The maximum Gasteiger partial charge on any atom is 0.269 e. The molecule has 1 atom stereocenters. The quantitative estimate of drug-likeness (QED) is 0.656. The third-order valence-corrected chi connectivity index (χ3v) is 2.57. The maximum absolute atomic E-state index is 10.5. The molecule has 0 radical (unpaired) electrons. The highest BCUT2D eigenvalue weighted by atomic mass is 16.6. The van der Waals surface area contributed by atoms with Crippen LogP contribution in [0.15, 0.2) is 28.7 Å². The van der Waals surface area contributed by atoms with Gasteiger partial charge in [0, 0.05) is 17.7 Å². The Morgan fingerprint density at radius 1 is 1.33 bits per heavy atom. The first-order chi connectivity index (χ1) is 8.61. The van der Waals surface area contributed by atoms with Crippen LogP contribution < -0.4 is 5.32 Å². The molecule has 0 aliphatic heterocycles. The summed E-state index contributed by atoms with van der Waals surface area (Å²) < 4.78 is 5.47. The molecule has 2 rings (SSSR count). The van der Waals surface area contributed by atoms with Crippen molar-refractivity contribution < 1.29 is 9.34 Å². The average molecular weight is 248 g/mol. The highest BCUT2D eigenvalue weighted by Crippen LogP contribution is 2.22. The number of nitro benzene ring substituents is 1. The molecule has 1 heterocycles. The molecule has 0 saturated carbocycles. The van der Waals surface area contributed by atoms with E-state index < -0.39 is 4.92 Å². The summed E-state index contributed by atoms with van der Waals surface area (Å²) in [6.45, 7) is 1.90. The summed E-state index contributed by atoms with van der Waals surface area (Å²) in [5.74, 6) is 0.827. The van der Waals surface area contributed by atoms with Crippen LogP contribution in [0.5, 0.6) is 0 Å².